The third kappa shape index (κ3) is 4.59. The monoisotopic (exact) mass is 235 g/mol. The Morgan fingerprint density at radius 1 is 1.29 bits per heavy atom. The third-order valence-electron chi connectivity index (χ3n) is 2.00. The van der Waals surface area contributed by atoms with Crippen LogP contribution in [-0.4, -0.2) is 32.1 Å². The fourth-order valence-corrected chi connectivity index (χ4v) is 1.22. The molecule has 0 heterocycles. The Balaban J connectivity index is 2.65. The number of nitrogens with zero attached hydrogens (tertiary/aromatic N) is 1. The van der Waals surface area contributed by atoms with E-state index < -0.39 is 5.97 Å². The van der Waals surface area contributed by atoms with E-state index in [1.54, 1.807) is 11.1 Å². The van der Waals surface area contributed by atoms with Gasteiger partial charge >= 0.3 is 5.97 Å². The zero-order valence-electron chi connectivity index (χ0n) is 10.3. The lowest BCUT2D eigenvalue weighted by molar-refractivity contribution is -0.140. The molecule has 0 aromatic heterocycles. The van der Waals surface area contributed by atoms with Crippen LogP contribution in [-0.2, 0) is 20.9 Å². The summed E-state index contributed by atoms with van der Waals surface area (Å²) in [5, 5.41) is 0. The number of ether oxygens (including phenoxy) is 2. The summed E-state index contributed by atoms with van der Waals surface area (Å²) in [7, 11) is 4.96. The summed E-state index contributed by atoms with van der Waals surface area (Å²) >= 11 is 0. The third-order valence-corrected chi connectivity index (χ3v) is 2.00. The average molecular weight is 235 g/mol. The Morgan fingerprint density at radius 3 is 2.47 bits per heavy atom. The number of benzene rings is 1. The molecule has 0 bridgehead atoms. The molecule has 0 unspecified atom stereocenters. The molecule has 0 saturated carbocycles. The van der Waals surface area contributed by atoms with Crippen molar-refractivity contribution in [3.63, 3.8) is 0 Å². The fraction of sp³-hybridized carbons (Fsp3) is 0.308. The molecule has 0 saturated heterocycles. The van der Waals surface area contributed by atoms with Crippen molar-refractivity contribution in [2.75, 3.05) is 21.2 Å². The Labute approximate surface area is 101 Å². The molecule has 0 atom stereocenters. The van der Waals surface area contributed by atoms with Gasteiger partial charge in [0.15, 0.2) is 0 Å². The van der Waals surface area contributed by atoms with Gasteiger partial charge in [-0.2, -0.15) is 0 Å². The molecule has 0 N–H and O–H groups in total. The summed E-state index contributed by atoms with van der Waals surface area (Å²) < 4.78 is 10.1. The molecule has 0 fully saturated rings. The van der Waals surface area contributed by atoms with E-state index in [-0.39, 0.29) is 5.76 Å². The molecule has 0 spiro atoms. The molecule has 17 heavy (non-hydrogen) atoms. The maximum absolute atomic E-state index is 11.4. The predicted molar refractivity (Wildman–Crippen MR) is 65.0 cm³/mol. The lowest BCUT2D eigenvalue weighted by Crippen LogP contribution is -2.13. The molecular weight excluding hydrogens is 218 g/mol. The van der Waals surface area contributed by atoms with Crippen molar-refractivity contribution in [2.24, 2.45) is 0 Å². The molecule has 0 radical (unpaired) electrons. The van der Waals surface area contributed by atoms with Gasteiger partial charge in [0.05, 0.1) is 7.11 Å². The van der Waals surface area contributed by atoms with E-state index in [0.29, 0.717) is 6.61 Å². The van der Waals surface area contributed by atoms with Gasteiger partial charge in [0, 0.05) is 20.3 Å². The zero-order chi connectivity index (χ0) is 12.7. The standard InChI is InChI=1S/C13H17NO3/c1-14(2)9-12(13(15)16-3)17-10-11-7-5-4-6-8-11/h4-9H,10H2,1-3H3. The van der Waals surface area contributed by atoms with E-state index in [9.17, 15) is 4.79 Å². The van der Waals surface area contributed by atoms with Crippen LogP contribution in [0.15, 0.2) is 42.3 Å². The van der Waals surface area contributed by atoms with Gasteiger partial charge in [0.1, 0.15) is 6.61 Å². The van der Waals surface area contributed by atoms with Crippen molar-refractivity contribution in [1.82, 2.24) is 4.90 Å². The van der Waals surface area contributed by atoms with Crippen LogP contribution in [0.3, 0.4) is 0 Å². The van der Waals surface area contributed by atoms with Crippen molar-refractivity contribution in [3.8, 4) is 0 Å². The number of hydrogen-bond donors (Lipinski definition) is 0. The largest absolute Gasteiger partial charge is 0.481 e. The first-order valence-corrected chi connectivity index (χ1v) is 5.26. The van der Waals surface area contributed by atoms with Crippen LogP contribution in [0.2, 0.25) is 0 Å². The first kappa shape index (κ1) is 13.1. The highest BCUT2D eigenvalue weighted by molar-refractivity contribution is 5.85. The summed E-state index contributed by atoms with van der Waals surface area (Å²) in [5.41, 5.74) is 1.00. The van der Waals surface area contributed by atoms with E-state index in [4.69, 9.17) is 4.74 Å². The predicted octanol–water partition coefficient (Wildman–Crippen LogP) is 1.78. The molecule has 0 aliphatic carbocycles. The van der Waals surface area contributed by atoms with Crippen LogP contribution in [0.4, 0.5) is 0 Å². The molecule has 0 aliphatic rings. The van der Waals surface area contributed by atoms with Crippen molar-refractivity contribution in [1.29, 1.82) is 0 Å². The summed E-state index contributed by atoms with van der Waals surface area (Å²) in [6.07, 6.45) is 1.59. The second kappa shape index (κ2) is 6.58. The van der Waals surface area contributed by atoms with Crippen LogP contribution in [0.5, 0.6) is 0 Å². The summed E-state index contributed by atoms with van der Waals surface area (Å²) in [6.45, 7) is 0.343. The van der Waals surface area contributed by atoms with E-state index in [1.165, 1.54) is 7.11 Å². The zero-order valence-corrected chi connectivity index (χ0v) is 10.3. The second-order valence-corrected chi connectivity index (χ2v) is 3.72. The van der Waals surface area contributed by atoms with Crippen LogP contribution < -0.4 is 0 Å². The Morgan fingerprint density at radius 2 is 1.94 bits per heavy atom. The second-order valence-electron chi connectivity index (χ2n) is 3.72. The lowest BCUT2D eigenvalue weighted by Gasteiger charge is -2.11. The number of carbonyl (C=O) groups excluding carboxylic acids is 1. The average Bonchev–Trinajstić information content (AvgIpc) is 2.34. The number of rotatable bonds is 5. The van der Waals surface area contributed by atoms with Gasteiger partial charge in [-0.1, -0.05) is 30.3 Å². The Kier molecular flexibility index (Phi) is 5.07. The molecule has 0 aliphatic heterocycles. The van der Waals surface area contributed by atoms with Crippen molar-refractivity contribution in [3.05, 3.63) is 47.9 Å². The molecule has 4 heteroatoms. The number of methoxy groups -OCH3 is 1. The van der Waals surface area contributed by atoms with E-state index in [0.717, 1.165) is 5.56 Å². The molecule has 0 amide bonds. The molecule has 1 aromatic rings. The highest BCUT2D eigenvalue weighted by Crippen LogP contribution is 2.07. The summed E-state index contributed by atoms with van der Waals surface area (Å²) in [6, 6.07) is 9.65. The summed E-state index contributed by atoms with van der Waals surface area (Å²) in [5.74, 6) is -0.281. The maximum atomic E-state index is 11.4. The minimum absolute atomic E-state index is 0.196. The normalized spacial score (nSPS) is 10.9. The fourth-order valence-electron chi connectivity index (χ4n) is 1.22. The van der Waals surface area contributed by atoms with Crippen LogP contribution in [0.1, 0.15) is 5.56 Å². The van der Waals surface area contributed by atoms with E-state index >= 15 is 0 Å². The first-order valence-electron chi connectivity index (χ1n) is 5.26. The van der Waals surface area contributed by atoms with Gasteiger partial charge in [0.2, 0.25) is 5.76 Å². The smallest absolute Gasteiger partial charge is 0.374 e. The van der Waals surface area contributed by atoms with Gasteiger partial charge < -0.3 is 14.4 Å². The van der Waals surface area contributed by atoms with Crippen molar-refractivity contribution < 1.29 is 14.3 Å². The first-order chi connectivity index (χ1) is 8.13. The SMILES string of the molecule is COC(=O)C(=CN(C)C)OCc1ccccc1. The van der Waals surface area contributed by atoms with Gasteiger partial charge in [-0.05, 0) is 5.56 Å². The van der Waals surface area contributed by atoms with Gasteiger partial charge in [-0.15, -0.1) is 0 Å². The molecular formula is C13H17NO3. The molecule has 1 rings (SSSR count). The molecule has 92 valence electrons. The Bertz CT molecular complexity index is 385. The molecule has 1 aromatic carbocycles. The van der Waals surface area contributed by atoms with E-state index in [1.807, 2.05) is 44.4 Å². The maximum Gasteiger partial charge on any atom is 0.374 e. The minimum Gasteiger partial charge on any atom is -0.481 e. The minimum atomic E-state index is -0.477. The number of esters is 1. The van der Waals surface area contributed by atoms with E-state index in [2.05, 4.69) is 4.74 Å². The number of hydrogen-bond acceptors (Lipinski definition) is 4. The van der Waals surface area contributed by atoms with Crippen molar-refractivity contribution >= 4 is 5.97 Å². The highest BCUT2D eigenvalue weighted by Gasteiger charge is 2.11. The van der Waals surface area contributed by atoms with Crippen LogP contribution in [0.25, 0.3) is 0 Å². The van der Waals surface area contributed by atoms with Crippen molar-refractivity contribution in [2.45, 2.75) is 6.61 Å². The lowest BCUT2D eigenvalue weighted by atomic mass is 10.2. The topological polar surface area (TPSA) is 38.8 Å². The number of carbonyl (C=O) groups is 1. The van der Waals surface area contributed by atoms with Crippen LogP contribution >= 0.6 is 0 Å². The quantitative estimate of drug-likeness (QED) is 0.443. The Hall–Kier alpha value is -1.97. The molecule has 4 nitrogen and oxygen atoms in total. The van der Waals surface area contributed by atoms with Gasteiger partial charge in [-0.25, -0.2) is 4.79 Å². The van der Waals surface area contributed by atoms with Gasteiger partial charge in [0.25, 0.3) is 0 Å². The van der Waals surface area contributed by atoms with Crippen LogP contribution in [0, 0.1) is 0 Å². The summed E-state index contributed by atoms with van der Waals surface area (Å²) in [4.78, 5) is 13.2. The highest BCUT2D eigenvalue weighted by atomic mass is 16.6. The van der Waals surface area contributed by atoms with Gasteiger partial charge in [-0.3, -0.25) is 0 Å².